The summed E-state index contributed by atoms with van der Waals surface area (Å²) in [7, 11) is 0. The van der Waals surface area contributed by atoms with E-state index in [1.807, 2.05) is 17.0 Å². The number of nitrogens with zero attached hydrogens (tertiary/aromatic N) is 1. The first-order chi connectivity index (χ1) is 8.77. The van der Waals surface area contributed by atoms with Crippen molar-refractivity contribution in [3.8, 4) is 0 Å². The molecule has 0 spiro atoms. The summed E-state index contributed by atoms with van der Waals surface area (Å²) in [6.07, 6.45) is 4.37. The highest BCUT2D eigenvalue weighted by atomic mass is 32.2. The zero-order chi connectivity index (χ0) is 12.5. The summed E-state index contributed by atoms with van der Waals surface area (Å²) < 4.78 is 0. The van der Waals surface area contributed by atoms with E-state index in [2.05, 4.69) is 6.07 Å². The predicted octanol–water partition coefficient (Wildman–Crippen LogP) is 2.44. The summed E-state index contributed by atoms with van der Waals surface area (Å²) in [5.41, 5.74) is 8.94. The van der Waals surface area contributed by atoms with Crippen molar-refractivity contribution in [1.29, 1.82) is 0 Å². The minimum Gasteiger partial charge on any atom is -0.397 e. The second kappa shape index (κ2) is 4.84. The SMILES string of the molecule is Nc1cccc2c1N(C(=O)C1CCCCS1)CC2. The number of hydrogen-bond donors (Lipinski definition) is 1. The van der Waals surface area contributed by atoms with Crippen molar-refractivity contribution in [2.45, 2.75) is 30.9 Å². The molecule has 1 aromatic rings. The maximum absolute atomic E-state index is 12.6. The first-order valence-corrected chi connectivity index (χ1v) is 7.62. The third-order valence-electron chi connectivity index (χ3n) is 3.75. The normalized spacial score (nSPS) is 22.9. The molecule has 2 aliphatic heterocycles. The monoisotopic (exact) mass is 262 g/mol. The molecule has 3 nitrogen and oxygen atoms in total. The minimum atomic E-state index is 0.143. The molecule has 2 aliphatic rings. The molecular formula is C14H18N2OS. The molecule has 0 aromatic heterocycles. The lowest BCUT2D eigenvalue weighted by Crippen LogP contribution is -2.38. The number of hydrogen-bond acceptors (Lipinski definition) is 3. The van der Waals surface area contributed by atoms with Crippen LogP contribution in [0.5, 0.6) is 0 Å². The van der Waals surface area contributed by atoms with Crippen LogP contribution in [0.1, 0.15) is 24.8 Å². The number of nitrogens with two attached hydrogens (primary N) is 1. The summed E-state index contributed by atoms with van der Waals surface area (Å²) >= 11 is 1.81. The van der Waals surface area contributed by atoms with Crippen LogP contribution in [0.25, 0.3) is 0 Å². The second-order valence-electron chi connectivity index (χ2n) is 4.95. The van der Waals surface area contributed by atoms with Crippen LogP contribution in [0.2, 0.25) is 0 Å². The Kier molecular flexibility index (Phi) is 3.20. The maximum atomic E-state index is 12.6. The van der Waals surface area contributed by atoms with Gasteiger partial charge in [-0.25, -0.2) is 0 Å². The Balaban J connectivity index is 1.85. The van der Waals surface area contributed by atoms with Gasteiger partial charge in [-0.05, 0) is 36.6 Å². The zero-order valence-electron chi connectivity index (χ0n) is 10.4. The fraction of sp³-hybridized carbons (Fsp3) is 0.500. The van der Waals surface area contributed by atoms with Gasteiger partial charge in [-0.1, -0.05) is 18.6 Å². The van der Waals surface area contributed by atoms with Gasteiger partial charge in [0, 0.05) is 6.54 Å². The highest BCUT2D eigenvalue weighted by Gasteiger charge is 2.32. The number of thioether (sulfide) groups is 1. The fourth-order valence-electron chi connectivity index (χ4n) is 2.82. The van der Waals surface area contributed by atoms with Crippen LogP contribution >= 0.6 is 11.8 Å². The van der Waals surface area contributed by atoms with E-state index >= 15 is 0 Å². The van der Waals surface area contributed by atoms with Crippen LogP contribution < -0.4 is 10.6 Å². The molecule has 1 amide bonds. The first kappa shape index (κ1) is 11.9. The quantitative estimate of drug-likeness (QED) is 0.791. The number of carbonyl (C=O) groups is 1. The number of para-hydroxylation sites is 1. The van der Waals surface area contributed by atoms with Gasteiger partial charge in [0.2, 0.25) is 5.91 Å². The molecule has 0 radical (unpaired) electrons. The average molecular weight is 262 g/mol. The molecular weight excluding hydrogens is 244 g/mol. The van der Waals surface area contributed by atoms with Crippen molar-refractivity contribution in [2.24, 2.45) is 0 Å². The zero-order valence-corrected chi connectivity index (χ0v) is 11.2. The van der Waals surface area contributed by atoms with Crippen LogP contribution in [0, 0.1) is 0 Å². The van der Waals surface area contributed by atoms with E-state index in [1.54, 1.807) is 11.8 Å². The van der Waals surface area contributed by atoms with Gasteiger partial charge in [-0.2, -0.15) is 0 Å². The van der Waals surface area contributed by atoms with Crippen molar-refractivity contribution in [3.05, 3.63) is 23.8 Å². The summed E-state index contributed by atoms with van der Waals surface area (Å²) in [5, 5.41) is 0.143. The fourth-order valence-corrected chi connectivity index (χ4v) is 4.07. The number of fused-ring (bicyclic) bond motifs is 1. The summed E-state index contributed by atoms with van der Waals surface area (Å²) in [4.78, 5) is 14.5. The van der Waals surface area contributed by atoms with Crippen molar-refractivity contribution >= 4 is 29.0 Å². The molecule has 1 atom stereocenters. The van der Waals surface area contributed by atoms with E-state index in [-0.39, 0.29) is 11.2 Å². The molecule has 3 rings (SSSR count). The lowest BCUT2D eigenvalue weighted by molar-refractivity contribution is -0.118. The molecule has 2 N–H and O–H groups in total. The van der Waals surface area contributed by atoms with Gasteiger partial charge in [0.1, 0.15) is 0 Å². The molecule has 1 aromatic carbocycles. The molecule has 0 aliphatic carbocycles. The van der Waals surface area contributed by atoms with Crippen molar-refractivity contribution in [2.75, 3.05) is 22.9 Å². The topological polar surface area (TPSA) is 46.3 Å². The Morgan fingerprint density at radius 1 is 1.39 bits per heavy atom. The number of amides is 1. The van der Waals surface area contributed by atoms with Crippen LogP contribution in [0.15, 0.2) is 18.2 Å². The minimum absolute atomic E-state index is 0.143. The number of nitrogen functional groups attached to an aromatic ring is 1. The number of benzene rings is 1. The van der Waals surface area contributed by atoms with Gasteiger partial charge in [0.05, 0.1) is 16.6 Å². The van der Waals surface area contributed by atoms with Gasteiger partial charge in [-0.3, -0.25) is 4.79 Å². The van der Waals surface area contributed by atoms with Crippen LogP contribution in [0.3, 0.4) is 0 Å². The predicted molar refractivity (Wildman–Crippen MR) is 77.0 cm³/mol. The Morgan fingerprint density at radius 2 is 2.28 bits per heavy atom. The van der Waals surface area contributed by atoms with E-state index in [4.69, 9.17) is 5.73 Å². The molecule has 1 unspecified atom stereocenters. The van der Waals surface area contributed by atoms with Gasteiger partial charge in [-0.15, -0.1) is 11.8 Å². The van der Waals surface area contributed by atoms with Crippen molar-refractivity contribution in [1.82, 2.24) is 0 Å². The molecule has 18 heavy (non-hydrogen) atoms. The van der Waals surface area contributed by atoms with E-state index in [1.165, 1.54) is 18.4 Å². The first-order valence-electron chi connectivity index (χ1n) is 6.58. The van der Waals surface area contributed by atoms with E-state index in [9.17, 15) is 4.79 Å². The van der Waals surface area contributed by atoms with E-state index in [0.717, 1.165) is 36.5 Å². The van der Waals surface area contributed by atoms with Crippen molar-refractivity contribution < 1.29 is 4.79 Å². The van der Waals surface area contributed by atoms with Crippen LogP contribution in [0.4, 0.5) is 11.4 Å². The Bertz CT molecular complexity index is 469. The van der Waals surface area contributed by atoms with Crippen LogP contribution in [-0.2, 0) is 11.2 Å². The summed E-state index contributed by atoms with van der Waals surface area (Å²) in [6.45, 7) is 0.791. The van der Waals surface area contributed by atoms with Gasteiger partial charge in [0.15, 0.2) is 0 Å². The summed E-state index contributed by atoms with van der Waals surface area (Å²) in [6, 6.07) is 5.93. The standard InChI is InChI=1S/C14H18N2OS/c15-11-5-3-4-10-7-8-16(13(10)11)14(17)12-6-1-2-9-18-12/h3-5,12H,1-2,6-9,15H2. The van der Waals surface area contributed by atoms with E-state index < -0.39 is 0 Å². The Morgan fingerprint density at radius 3 is 3.06 bits per heavy atom. The van der Waals surface area contributed by atoms with Gasteiger partial charge < -0.3 is 10.6 Å². The smallest absolute Gasteiger partial charge is 0.240 e. The summed E-state index contributed by atoms with van der Waals surface area (Å²) in [5.74, 6) is 1.37. The van der Waals surface area contributed by atoms with E-state index in [0.29, 0.717) is 0 Å². The largest absolute Gasteiger partial charge is 0.397 e. The van der Waals surface area contributed by atoms with Gasteiger partial charge >= 0.3 is 0 Å². The highest BCUT2D eigenvalue weighted by Crippen LogP contribution is 2.36. The lowest BCUT2D eigenvalue weighted by Gasteiger charge is -2.26. The third-order valence-corrected chi connectivity index (χ3v) is 5.11. The molecule has 1 fully saturated rings. The molecule has 4 heteroatoms. The second-order valence-corrected chi connectivity index (χ2v) is 6.26. The third kappa shape index (κ3) is 1.99. The molecule has 2 heterocycles. The van der Waals surface area contributed by atoms with Gasteiger partial charge in [0.25, 0.3) is 0 Å². The molecule has 0 saturated carbocycles. The number of anilines is 2. The Labute approximate surface area is 112 Å². The Hall–Kier alpha value is -1.16. The molecule has 96 valence electrons. The lowest BCUT2D eigenvalue weighted by atomic mass is 10.1. The average Bonchev–Trinajstić information content (AvgIpc) is 2.84. The maximum Gasteiger partial charge on any atom is 0.240 e. The van der Waals surface area contributed by atoms with Crippen molar-refractivity contribution in [3.63, 3.8) is 0 Å². The number of rotatable bonds is 1. The van der Waals surface area contributed by atoms with Crippen LogP contribution in [-0.4, -0.2) is 23.5 Å². The molecule has 0 bridgehead atoms. The molecule has 1 saturated heterocycles. The number of carbonyl (C=O) groups excluding carboxylic acids is 1. The highest BCUT2D eigenvalue weighted by molar-refractivity contribution is 8.00.